The van der Waals surface area contributed by atoms with Crippen molar-refractivity contribution in [1.82, 2.24) is 0 Å². The van der Waals surface area contributed by atoms with Crippen molar-refractivity contribution < 1.29 is 9.84 Å². The summed E-state index contributed by atoms with van der Waals surface area (Å²) in [5.74, 6) is 0.917. The van der Waals surface area contributed by atoms with E-state index >= 15 is 0 Å². The Labute approximate surface area is 110 Å². The first-order chi connectivity index (χ1) is 8.33. The summed E-state index contributed by atoms with van der Waals surface area (Å²) in [6.07, 6.45) is 3.18. The van der Waals surface area contributed by atoms with Crippen LogP contribution in [-0.4, -0.2) is 22.9 Å². The number of aliphatic hydroxyl groups excluding tert-OH is 1. The van der Waals surface area contributed by atoms with Crippen molar-refractivity contribution in [2.75, 3.05) is 0 Å². The molecule has 3 rings (SSSR count). The van der Waals surface area contributed by atoms with Gasteiger partial charge in [0.1, 0.15) is 11.7 Å². The van der Waals surface area contributed by atoms with Gasteiger partial charge in [0.05, 0.1) is 6.10 Å². The molecule has 0 radical (unpaired) electrons. The van der Waals surface area contributed by atoms with Crippen molar-refractivity contribution in [2.24, 2.45) is 17.3 Å². The minimum atomic E-state index is -0.397. The average Bonchev–Trinajstić information content (AvgIpc) is 2.77. The van der Waals surface area contributed by atoms with Gasteiger partial charge in [-0.15, -0.1) is 0 Å². The largest absolute Gasteiger partial charge is 0.386 e. The smallest absolute Gasteiger partial charge is 0.105 e. The van der Waals surface area contributed by atoms with Gasteiger partial charge in [-0.05, 0) is 43.6 Å². The van der Waals surface area contributed by atoms with Crippen molar-refractivity contribution in [1.29, 1.82) is 0 Å². The molecule has 0 saturated carbocycles. The molecule has 5 atom stereocenters. The van der Waals surface area contributed by atoms with Gasteiger partial charge in [-0.2, -0.15) is 0 Å². The maximum atomic E-state index is 11.0. The number of hydrogen-bond donors (Lipinski definition) is 1. The average molecular weight is 250 g/mol. The van der Waals surface area contributed by atoms with E-state index in [1.807, 2.05) is 0 Å². The standard InChI is InChI=1S/C16H26O2/c1-9(2)16-8-11(4)14(18-16)15(5)7-6-10(3)12(15)13(16)17/h9,11,13-14,17H,6-8H2,1-5H3. The van der Waals surface area contributed by atoms with E-state index in [0.29, 0.717) is 17.9 Å². The summed E-state index contributed by atoms with van der Waals surface area (Å²) in [5.41, 5.74) is 2.48. The maximum absolute atomic E-state index is 11.0. The van der Waals surface area contributed by atoms with E-state index in [-0.39, 0.29) is 11.0 Å². The fourth-order valence-electron chi connectivity index (χ4n) is 4.92. The van der Waals surface area contributed by atoms with E-state index in [1.165, 1.54) is 11.1 Å². The Kier molecular flexibility index (Phi) is 2.54. The first kappa shape index (κ1) is 12.7. The zero-order chi connectivity index (χ0) is 13.3. The molecule has 0 aromatic rings. The van der Waals surface area contributed by atoms with Crippen molar-refractivity contribution >= 4 is 0 Å². The SMILES string of the molecule is CC1=C2C(O)C3(C(C)C)CC(C)C(O3)C2(C)CC1. The zero-order valence-corrected chi connectivity index (χ0v) is 12.3. The van der Waals surface area contributed by atoms with E-state index in [2.05, 4.69) is 34.6 Å². The molecule has 2 nitrogen and oxygen atoms in total. The quantitative estimate of drug-likeness (QED) is 0.724. The molecule has 0 aromatic heterocycles. The molecule has 18 heavy (non-hydrogen) atoms. The predicted molar refractivity (Wildman–Crippen MR) is 72.3 cm³/mol. The Morgan fingerprint density at radius 1 is 1.39 bits per heavy atom. The van der Waals surface area contributed by atoms with Crippen LogP contribution < -0.4 is 0 Å². The number of rotatable bonds is 1. The van der Waals surface area contributed by atoms with E-state index in [1.54, 1.807) is 0 Å². The highest BCUT2D eigenvalue weighted by Crippen LogP contribution is 2.62. The van der Waals surface area contributed by atoms with Crippen LogP contribution in [0.3, 0.4) is 0 Å². The molecule has 2 aliphatic heterocycles. The summed E-state index contributed by atoms with van der Waals surface area (Å²) in [6, 6.07) is 0. The van der Waals surface area contributed by atoms with Gasteiger partial charge >= 0.3 is 0 Å². The third-order valence-electron chi connectivity index (χ3n) is 5.94. The summed E-state index contributed by atoms with van der Waals surface area (Å²) in [6.45, 7) is 11.2. The minimum Gasteiger partial charge on any atom is -0.386 e. The Bertz CT molecular complexity index is 411. The minimum absolute atomic E-state index is 0.0812. The number of ether oxygens (including phenoxy) is 1. The normalized spacial score (nSPS) is 51.2. The molecule has 2 bridgehead atoms. The van der Waals surface area contributed by atoms with Gasteiger partial charge in [-0.1, -0.05) is 33.3 Å². The molecule has 0 aromatic carbocycles. The number of allylic oxidation sites excluding steroid dienone is 1. The van der Waals surface area contributed by atoms with Crippen molar-refractivity contribution in [3.63, 3.8) is 0 Å². The summed E-state index contributed by atoms with van der Waals surface area (Å²) < 4.78 is 6.45. The van der Waals surface area contributed by atoms with Crippen LogP contribution in [0.25, 0.3) is 0 Å². The van der Waals surface area contributed by atoms with Crippen LogP contribution >= 0.6 is 0 Å². The molecule has 5 unspecified atom stereocenters. The van der Waals surface area contributed by atoms with E-state index in [4.69, 9.17) is 4.74 Å². The molecule has 2 saturated heterocycles. The van der Waals surface area contributed by atoms with Crippen LogP contribution in [0.5, 0.6) is 0 Å². The fourth-order valence-corrected chi connectivity index (χ4v) is 4.92. The highest BCUT2D eigenvalue weighted by molar-refractivity contribution is 5.38. The van der Waals surface area contributed by atoms with Crippen LogP contribution in [0.15, 0.2) is 11.1 Å². The lowest BCUT2D eigenvalue weighted by atomic mass is 9.70. The molecule has 2 heteroatoms. The summed E-state index contributed by atoms with van der Waals surface area (Å²) in [4.78, 5) is 0. The summed E-state index contributed by atoms with van der Waals surface area (Å²) in [7, 11) is 0. The van der Waals surface area contributed by atoms with Gasteiger partial charge < -0.3 is 9.84 Å². The number of aliphatic hydroxyl groups is 1. The fraction of sp³-hybridized carbons (Fsp3) is 0.875. The highest BCUT2D eigenvalue weighted by Gasteiger charge is 2.65. The van der Waals surface area contributed by atoms with Gasteiger partial charge in [0.25, 0.3) is 0 Å². The van der Waals surface area contributed by atoms with Gasteiger partial charge in [-0.3, -0.25) is 0 Å². The third kappa shape index (κ3) is 1.26. The van der Waals surface area contributed by atoms with Crippen LogP contribution in [-0.2, 0) is 4.74 Å². The second-order valence-corrected chi connectivity index (χ2v) is 7.34. The predicted octanol–water partition coefficient (Wildman–Crippen LogP) is 3.30. The lowest BCUT2D eigenvalue weighted by molar-refractivity contribution is -0.185. The van der Waals surface area contributed by atoms with Gasteiger partial charge in [0.2, 0.25) is 0 Å². The van der Waals surface area contributed by atoms with E-state index in [9.17, 15) is 5.11 Å². The van der Waals surface area contributed by atoms with E-state index in [0.717, 1.165) is 19.3 Å². The molecular formula is C16H26O2. The van der Waals surface area contributed by atoms with Crippen LogP contribution in [0, 0.1) is 17.3 Å². The topological polar surface area (TPSA) is 29.5 Å². The Hall–Kier alpha value is -0.340. The molecule has 2 heterocycles. The second-order valence-electron chi connectivity index (χ2n) is 7.34. The highest BCUT2D eigenvalue weighted by atomic mass is 16.5. The summed E-state index contributed by atoms with van der Waals surface area (Å²) in [5, 5.41) is 11.0. The lowest BCUT2D eigenvalue weighted by Crippen LogP contribution is -2.56. The first-order valence-electron chi connectivity index (χ1n) is 7.39. The molecular weight excluding hydrogens is 224 g/mol. The Balaban J connectivity index is 2.15. The van der Waals surface area contributed by atoms with Gasteiger partial charge in [0, 0.05) is 5.41 Å². The Morgan fingerprint density at radius 2 is 2.06 bits per heavy atom. The molecule has 0 amide bonds. The molecule has 2 fully saturated rings. The molecule has 102 valence electrons. The van der Waals surface area contributed by atoms with Gasteiger partial charge in [-0.25, -0.2) is 0 Å². The molecule has 3 aliphatic rings. The van der Waals surface area contributed by atoms with Crippen LogP contribution in [0.4, 0.5) is 0 Å². The molecule has 0 spiro atoms. The second kappa shape index (κ2) is 3.61. The number of fused-ring (bicyclic) bond motifs is 4. The van der Waals surface area contributed by atoms with Gasteiger partial charge in [0.15, 0.2) is 0 Å². The lowest BCUT2D eigenvalue weighted by Gasteiger charge is -2.49. The Morgan fingerprint density at radius 3 is 2.67 bits per heavy atom. The number of hydrogen-bond acceptors (Lipinski definition) is 2. The van der Waals surface area contributed by atoms with Crippen molar-refractivity contribution in [3.05, 3.63) is 11.1 Å². The van der Waals surface area contributed by atoms with Crippen molar-refractivity contribution in [3.8, 4) is 0 Å². The molecule has 1 aliphatic carbocycles. The van der Waals surface area contributed by atoms with E-state index < -0.39 is 6.10 Å². The van der Waals surface area contributed by atoms with Crippen molar-refractivity contribution in [2.45, 2.75) is 71.7 Å². The zero-order valence-electron chi connectivity index (χ0n) is 12.3. The monoisotopic (exact) mass is 250 g/mol. The van der Waals surface area contributed by atoms with Crippen LogP contribution in [0.2, 0.25) is 0 Å². The third-order valence-corrected chi connectivity index (χ3v) is 5.94. The maximum Gasteiger partial charge on any atom is 0.105 e. The van der Waals surface area contributed by atoms with Crippen LogP contribution in [0.1, 0.15) is 53.9 Å². The molecule has 1 N–H and O–H groups in total. The summed E-state index contributed by atoms with van der Waals surface area (Å²) >= 11 is 0. The first-order valence-corrected chi connectivity index (χ1v) is 7.39.